The van der Waals surface area contributed by atoms with Gasteiger partial charge in [0.2, 0.25) is 0 Å². The number of carbonyl (C=O) groups is 2. The summed E-state index contributed by atoms with van der Waals surface area (Å²) in [6.07, 6.45) is 0.846. The predicted octanol–water partition coefficient (Wildman–Crippen LogP) is 2.45. The molecule has 0 saturated carbocycles. The van der Waals surface area contributed by atoms with Crippen LogP contribution in [0.5, 0.6) is 11.5 Å². The lowest BCUT2D eigenvalue weighted by atomic mass is 9.93. The molecule has 6 nitrogen and oxygen atoms in total. The number of carbonyl (C=O) groups excluding carboxylic acids is 1. The second kappa shape index (κ2) is 7.70. The highest BCUT2D eigenvalue weighted by Crippen LogP contribution is 2.32. The molecule has 0 fully saturated rings. The number of carboxylic acid groups (broad SMARTS) is 1. The van der Waals surface area contributed by atoms with E-state index < -0.39 is 12.6 Å². The zero-order chi connectivity index (χ0) is 17.6. The second-order valence-corrected chi connectivity index (χ2v) is 5.79. The van der Waals surface area contributed by atoms with Crippen LogP contribution in [0.15, 0.2) is 48.5 Å². The van der Waals surface area contributed by atoms with Crippen LogP contribution < -0.4 is 14.8 Å². The van der Waals surface area contributed by atoms with E-state index in [2.05, 4.69) is 5.32 Å². The van der Waals surface area contributed by atoms with Crippen LogP contribution in [0.1, 0.15) is 28.3 Å². The standard InChI is InChI=1S/C19H19NO5/c21-18(22)12-25-15-5-3-4-13(10-15)19(23)20-11-14-8-9-24-17-7-2-1-6-16(14)17/h1-7,10,14H,8-9,11-12H2,(H,20,23)(H,21,22)/t14-/m0/s1. The third-order valence-electron chi connectivity index (χ3n) is 4.05. The average molecular weight is 341 g/mol. The van der Waals surface area contributed by atoms with Gasteiger partial charge in [0.25, 0.3) is 5.91 Å². The SMILES string of the molecule is O=C(O)COc1cccc(C(=O)NC[C@@H]2CCOc3ccccc32)c1. The summed E-state index contributed by atoms with van der Waals surface area (Å²) < 4.78 is 10.7. The van der Waals surface area contributed by atoms with Crippen molar-refractivity contribution in [2.24, 2.45) is 0 Å². The van der Waals surface area contributed by atoms with Gasteiger partial charge in [0.05, 0.1) is 6.61 Å². The molecule has 2 aromatic rings. The Kier molecular flexibility index (Phi) is 5.18. The van der Waals surface area contributed by atoms with Gasteiger partial charge in [-0.15, -0.1) is 0 Å². The Morgan fingerprint density at radius 2 is 2.04 bits per heavy atom. The fourth-order valence-corrected chi connectivity index (χ4v) is 2.82. The molecule has 0 saturated heterocycles. The van der Waals surface area contributed by atoms with Gasteiger partial charge in [-0.1, -0.05) is 24.3 Å². The number of hydrogen-bond donors (Lipinski definition) is 2. The molecule has 1 heterocycles. The molecule has 0 bridgehead atoms. The van der Waals surface area contributed by atoms with E-state index in [4.69, 9.17) is 14.6 Å². The van der Waals surface area contributed by atoms with E-state index in [-0.39, 0.29) is 11.8 Å². The van der Waals surface area contributed by atoms with Crippen LogP contribution in [0, 0.1) is 0 Å². The van der Waals surface area contributed by atoms with Crippen molar-refractivity contribution in [3.05, 3.63) is 59.7 Å². The normalized spacial score (nSPS) is 15.6. The van der Waals surface area contributed by atoms with Crippen molar-refractivity contribution in [1.29, 1.82) is 0 Å². The fraction of sp³-hybridized carbons (Fsp3) is 0.263. The molecule has 0 aromatic heterocycles. The number of benzene rings is 2. The Morgan fingerprint density at radius 1 is 1.20 bits per heavy atom. The lowest BCUT2D eigenvalue weighted by Crippen LogP contribution is -2.30. The molecular formula is C19H19NO5. The number of ether oxygens (including phenoxy) is 2. The van der Waals surface area contributed by atoms with Crippen LogP contribution in [0.4, 0.5) is 0 Å². The van der Waals surface area contributed by atoms with Crippen LogP contribution in [-0.2, 0) is 4.79 Å². The van der Waals surface area contributed by atoms with E-state index in [0.29, 0.717) is 24.5 Å². The average Bonchev–Trinajstić information content (AvgIpc) is 2.64. The monoisotopic (exact) mass is 341 g/mol. The first-order valence-corrected chi connectivity index (χ1v) is 8.08. The van der Waals surface area contributed by atoms with E-state index in [1.807, 2.05) is 24.3 Å². The first-order valence-electron chi connectivity index (χ1n) is 8.08. The van der Waals surface area contributed by atoms with Crippen LogP contribution >= 0.6 is 0 Å². The quantitative estimate of drug-likeness (QED) is 0.843. The first kappa shape index (κ1) is 16.8. The van der Waals surface area contributed by atoms with Crippen molar-refractivity contribution in [3.63, 3.8) is 0 Å². The molecule has 25 heavy (non-hydrogen) atoms. The number of carboxylic acids is 1. The number of amides is 1. The van der Waals surface area contributed by atoms with E-state index in [9.17, 15) is 9.59 Å². The highest BCUT2D eigenvalue weighted by atomic mass is 16.5. The van der Waals surface area contributed by atoms with Crippen LogP contribution in [0.2, 0.25) is 0 Å². The maximum Gasteiger partial charge on any atom is 0.341 e. The number of aliphatic carboxylic acids is 1. The summed E-state index contributed by atoms with van der Waals surface area (Å²) in [5.74, 6) is 0.154. The molecule has 1 atom stereocenters. The molecule has 2 aromatic carbocycles. The van der Waals surface area contributed by atoms with Crippen molar-refractivity contribution >= 4 is 11.9 Å². The largest absolute Gasteiger partial charge is 0.493 e. The maximum absolute atomic E-state index is 12.4. The minimum Gasteiger partial charge on any atom is -0.493 e. The topological polar surface area (TPSA) is 84.9 Å². The van der Waals surface area contributed by atoms with Gasteiger partial charge in [0.1, 0.15) is 11.5 Å². The second-order valence-electron chi connectivity index (χ2n) is 5.79. The van der Waals surface area contributed by atoms with Gasteiger partial charge >= 0.3 is 5.97 Å². The van der Waals surface area contributed by atoms with E-state index in [1.165, 1.54) is 6.07 Å². The molecule has 3 rings (SSSR count). The smallest absolute Gasteiger partial charge is 0.341 e. The molecule has 0 radical (unpaired) electrons. The van der Waals surface area contributed by atoms with Gasteiger partial charge in [0.15, 0.2) is 6.61 Å². The molecule has 6 heteroatoms. The zero-order valence-electron chi connectivity index (χ0n) is 13.6. The molecule has 0 unspecified atom stereocenters. The summed E-state index contributed by atoms with van der Waals surface area (Å²) in [5, 5.41) is 11.6. The fourth-order valence-electron chi connectivity index (χ4n) is 2.82. The Labute approximate surface area is 145 Å². The number of para-hydroxylation sites is 1. The number of fused-ring (bicyclic) bond motifs is 1. The zero-order valence-corrected chi connectivity index (χ0v) is 13.6. The van der Waals surface area contributed by atoms with Crippen LogP contribution in [-0.4, -0.2) is 36.7 Å². The highest BCUT2D eigenvalue weighted by molar-refractivity contribution is 5.94. The lowest BCUT2D eigenvalue weighted by molar-refractivity contribution is -0.139. The summed E-state index contributed by atoms with van der Waals surface area (Å²) in [6.45, 7) is 0.708. The summed E-state index contributed by atoms with van der Waals surface area (Å²) >= 11 is 0. The molecule has 130 valence electrons. The van der Waals surface area contributed by atoms with Gasteiger partial charge in [-0.25, -0.2) is 4.79 Å². The van der Waals surface area contributed by atoms with Gasteiger partial charge in [0, 0.05) is 18.0 Å². The van der Waals surface area contributed by atoms with Crippen molar-refractivity contribution in [2.45, 2.75) is 12.3 Å². The number of rotatable bonds is 6. The number of hydrogen-bond acceptors (Lipinski definition) is 4. The van der Waals surface area contributed by atoms with Crippen LogP contribution in [0.25, 0.3) is 0 Å². The summed E-state index contributed by atoms with van der Waals surface area (Å²) in [4.78, 5) is 22.9. The molecular weight excluding hydrogens is 322 g/mol. The molecule has 0 spiro atoms. The number of nitrogens with one attached hydrogen (secondary N) is 1. The Hall–Kier alpha value is -3.02. The third-order valence-corrected chi connectivity index (χ3v) is 4.05. The molecule has 1 aliphatic rings. The third kappa shape index (κ3) is 4.29. The van der Waals surface area contributed by atoms with Crippen LogP contribution in [0.3, 0.4) is 0 Å². The summed E-state index contributed by atoms with van der Waals surface area (Å²) in [5.41, 5.74) is 1.54. The molecule has 0 aliphatic carbocycles. The molecule has 1 amide bonds. The minimum absolute atomic E-state index is 0.209. The molecule has 2 N–H and O–H groups in total. The maximum atomic E-state index is 12.4. The van der Waals surface area contributed by atoms with E-state index >= 15 is 0 Å². The van der Waals surface area contributed by atoms with Gasteiger partial charge in [-0.3, -0.25) is 4.79 Å². The Bertz CT molecular complexity index is 774. The van der Waals surface area contributed by atoms with E-state index in [0.717, 1.165) is 17.7 Å². The first-order chi connectivity index (χ1) is 12.1. The van der Waals surface area contributed by atoms with E-state index in [1.54, 1.807) is 18.2 Å². The van der Waals surface area contributed by atoms with Crippen molar-refractivity contribution < 1.29 is 24.2 Å². The Morgan fingerprint density at radius 3 is 2.88 bits per heavy atom. The Balaban J connectivity index is 1.62. The highest BCUT2D eigenvalue weighted by Gasteiger charge is 2.21. The van der Waals surface area contributed by atoms with Gasteiger partial charge in [-0.05, 0) is 36.2 Å². The van der Waals surface area contributed by atoms with Crippen molar-refractivity contribution in [2.75, 3.05) is 19.8 Å². The molecule has 1 aliphatic heterocycles. The lowest BCUT2D eigenvalue weighted by Gasteiger charge is -2.26. The van der Waals surface area contributed by atoms with Crippen molar-refractivity contribution in [1.82, 2.24) is 5.32 Å². The van der Waals surface area contributed by atoms with Gasteiger partial charge < -0.3 is 19.9 Å². The summed E-state index contributed by atoms with van der Waals surface area (Å²) in [6, 6.07) is 14.3. The summed E-state index contributed by atoms with van der Waals surface area (Å²) in [7, 11) is 0. The predicted molar refractivity (Wildman–Crippen MR) is 91.2 cm³/mol. The minimum atomic E-state index is -1.06. The van der Waals surface area contributed by atoms with Crippen molar-refractivity contribution in [3.8, 4) is 11.5 Å². The van der Waals surface area contributed by atoms with Gasteiger partial charge in [-0.2, -0.15) is 0 Å².